The third-order valence-corrected chi connectivity index (χ3v) is 6.53. The molecule has 0 aromatic heterocycles. The smallest absolute Gasteiger partial charge is 0.188 e. The van der Waals surface area contributed by atoms with E-state index < -0.39 is 8.32 Å². The van der Waals surface area contributed by atoms with Crippen LogP contribution in [-0.2, 0) is 0 Å². The Morgan fingerprint density at radius 3 is 1.58 bits per heavy atom. The van der Waals surface area contributed by atoms with Crippen LogP contribution in [0.15, 0.2) is 0 Å². The van der Waals surface area contributed by atoms with Gasteiger partial charge in [-0.25, -0.2) is 0 Å². The highest BCUT2D eigenvalue weighted by atomic mass is 28.4. The minimum absolute atomic E-state index is 1.05. The van der Waals surface area contributed by atoms with Crippen molar-refractivity contribution in [1.29, 1.82) is 0 Å². The first-order chi connectivity index (χ1) is 5.68. The Hall–Kier alpha value is 0.177. The minimum Gasteiger partial charge on any atom is -0.432 e. The van der Waals surface area contributed by atoms with E-state index in [4.69, 9.17) is 0 Å². The lowest BCUT2D eigenvalue weighted by Crippen LogP contribution is -2.32. The third-order valence-electron chi connectivity index (χ3n) is 2.65. The van der Waals surface area contributed by atoms with Gasteiger partial charge in [-0.05, 0) is 18.1 Å². The predicted octanol–water partition coefficient (Wildman–Crippen LogP) is 3.54. The normalized spacial score (nSPS) is 12.0. The second-order valence-electron chi connectivity index (χ2n) is 3.79. The molecule has 0 aliphatic carbocycles. The van der Waals surface area contributed by atoms with Crippen molar-refractivity contribution in [1.82, 2.24) is 0 Å². The van der Waals surface area contributed by atoms with Gasteiger partial charge in [-0.3, -0.25) is 0 Å². The molecule has 0 amide bonds. The van der Waals surface area contributed by atoms with Gasteiger partial charge < -0.3 is 4.80 Å². The summed E-state index contributed by atoms with van der Waals surface area (Å²) in [6, 6.07) is 3.30. The van der Waals surface area contributed by atoms with Crippen LogP contribution in [0.4, 0.5) is 0 Å². The van der Waals surface area contributed by atoms with Gasteiger partial charge in [0.15, 0.2) is 8.32 Å². The largest absolute Gasteiger partial charge is 0.432 e. The Kier molecular flexibility index (Phi) is 6.77. The van der Waals surface area contributed by atoms with Crippen molar-refractivity contribution in [3.8, 4) is 0 Å². The highest BCUT2D eigenvalue weighted by Crippen LogP contribution is 2.22. The summed E-state index contributed by atoms with van der Waals surface area (Å²) in [5.74, 6) is 0. The molecular formula is C10H24OSi. The van der Waals surface area contributed by atoms with E-state index in [1.807, 2.05) is 0 Å². The summed E-state index contributed by atoms with van der Waals surface area (Å²) in [6.45, 7) is 6.55. The summed E-state index contributed by atoms with van der Waals surface area (Å²) in [5.41, 5.74) is 0. The molecule has 0 aliphatic heterocycles. The van der Waals surface area contributed by atoms with Crippen LogP contribution in [0.25, 0.3) is 0 Å². The third kappa shape index (κ3) is 4.94. The second-order valence-corrected chi connectivity index (χ2v) is 7.94. The molecule has 0 fully saturated rings. The predicted molar refractivity (Wildman–Crippen MR) is 57.9 cm³/mol. The van der Waals surface area contributed by atoms with Crippen molar-refractivity contribution in [3.63, 3.8) is 0 Å². The van der Waals surface area contributed by atoms with Gasteiger partial charge in [0.25, 0.3) is 0 Å². The Balaban J connectivity index is 3.70. The summed E-state index contributed by atoms with van der Waals surface area (Å²) in [4.78, 5) is 10.2. The molecule has 1 nitrogen and oxygen atoms in total. The van der Waals surface area contributed by atoms with Crippen LogP contribution in [0.1, 0.15) is 46.5 Å². The molecule has 0 saturated heterocycles. The van der Waals surface area contributed by atoms with Crippen LogP contribution < -0.4 is 0 Å². The first-order valence-corrected chi connectivity index (χ1v) is 7.97. The fourth-order valence-corrected chi connectivity index (χ4v) is 4.47. The standard InChI is InChI=1S/C10H24OSi/c1-4-7-9-12(11,6-3)10-8-5-2/h11H,4-10H2,1-3H3. The molecule has 74 valence electrons. The molecule has 1 N–H and O–H groups in total. The maximum Gasteiger partial charge on any atom is 0.188 e. The Bertz CT molecular complexity index is 96.0. The lowest BCUT2D eigenvalue weighted by atomic mass is 10.4. The van der Waals surface area contributed by atoms with Crippen molar-refractivity contribution < 1.29 is 4.80 Å². The molecule has 0 aromatic rings. The van der Waals surface area contributed by atoms with E-state index in [0.29, 0.717) is 0 Å². The maximum atomic E-state index is 10.2. The summed E-state index contributed by atoms with van der Waals surface area (Å²) in [7, 11) is -1.77. The lowest BCUT2D eigenvalue weighted by Gasteiger charge is -2.23. The molecule has 0 unspecified atom stereocenters. The first kappa shape index (κ1) is 12.2. The number of hydrogen-bond acceptors (Lipinski definition) is 1. The van der Waals surface area contributed by atoms with Gasteiger partial charge >= 0.3 is 0 Å². The molecule has 0 heterocycles. The molecule has 12 heavy (non-hydrogen) atoms. The van der Waals surface area contributed by atoms with E-state index in [0.717, 1.165) is 18.1 Å². The fraction of sp³-hybridized carbons (Fsp3) is 1.00. The zero-order chi connectivity index (χ0) is 9.45. The minimum atomic E-state index is -1.77. The van der Waals surface area contributed by atoms with E-state index in [2.05, 4.69) is 20.8 Å². The molecule has 0 saturated carbocycles. The molecule has 0 radical (unpaired) electrons. The number of unbranched alkanes of at least 4 members (excludes halogenated alkanes) is 2. The van der Waals surface area contributed by atoms with Crippen LogP contribution >= 0.6 is 0 Å². The topological polar surface area (TPSA) is 20.2 Å². The van der Waals surface area contributed by atoms with Crippen molar-refractivity contribution in [2.24, 2.45) is 0 Å². The van der Waals surface area contributed by atoms with Gasteiger partial charge in [0.05, 0.1) is 0 Å². The van der Waals surface area contributed by atoms with Gasteiger partial charge in [-0.2, -0.15) is 0 Å². The van der Waals surface area contributed by atoms with Crippen molar-refractivity contribution in [2.75, 3.05) is 0 Å². The van der Waals surface area contributed by atoms with Gasteiger partial charge in [-0.15, -0.1) is 0 Å². The van der Waals surface area contributed by atoms with Crippen LogP contribution in [0.2, 0.25) is 18.1 Å². The van der Waals surface area contributed by atoms with Crippen LogP contribution in [0.5, 0.6) is 0 Å². The van der Waals surface area contributed by atoms with Gasteiger partial charge in [-0.1, -0.05) is 46.5 Å². The van der Waals surface area contributed by atoms with Crippen LogP contribution in [-0.4, -0.2) is 13.1 Å². The monoisotopic (exact) mass is 188 g/mol. The molecule has 0 rings (SSSR count). The molecule has 0 aromatic carbocycles. The van der Waals surface area contributed by atoms with Gasteiger partial charge in [0, 0.05) is 0 Å². The number of rotatable bonds is 7. The van der Waals surface area contributed by atoms with Gasteiger partial charge in [0.2, 0.25) is 0 Å². The lowest BCUT2D eigenvalue weighted by molar-refractivity contribution is 0.515. The SMILES string of the molecule is CCCC[Si](O)(CC)CCCC. The molecule has 0 atom stereocenters. The number of hydrogen-bond donors (Lipinski definition) is 1. The van der Waals surface area contributed by atoms with Gasteiger partial charge in [0.1, 0.15) is 0 Å². The summed E-state index contributed by atoms with van der Waals surface area (Å²) >= 11 is 0. The van der Waals surface area contributed by atoms with E-state index >= 15 is 0 Å². The Labute approximate surface area is 78.3 Å². The quantitative estimate of drug-likeness (QED) is 0.606. The average Bonchev–Trinajstić information content (AvgIpc) is 2.11. The van der Waals surface area contributed by atoms with Crippen molar-refractivity contribution >= 4 is 8.32 Å². The summed E-state index contributed by atoms with van der Waals surface area (Å²) < 4.78 is 0. The summed E-state index contributed by atoms with van der Waals surface area (Å²) in [6.07, 6.45) is 4.89. The highest BCUT2D eigenvalue weighted by molar-refractivity contribution is 6.72. The van der Waals surface area contributed by atoms with E-state index in [1.54, 1.807) is 0 Å². The van der Waals surface area contributed by atoms with E-state index in [9.17, 15) is 4.80 Å². The van der Waals surface area contributed by atoms with E-state index in [1.165, 1.54) is 25.7 Å². The molecule has 2 heteroatoms. The molecule has 0 bridgehead atoms. The maximum absolute atomic E-state index is 10.2. The highest BCUT2D eigenvalue weighted by Gasteiger charge is 2.26. The zero-order valence-electron chi connectivity index (χ0n) is 8.90. The molecular weight excluding hydrogens is 164 g/mol. The molecule has 0 spiro atoms. The van der Waals surface area contributed by atoms with E-state index in [-0.39, 0.29) is 0 Å². The van der Waals surface area contributed by atoms with Crippen molar-refractivity contribution in [3.05, 3.63) is 0 Å². The Morgan fingerprint density at radius 1 is 0.917 bits per heavy atom. The molecule has 0 aliphatic rings. The fourth-order valence-electron chi connectivity index (χ4n) is 1.49. The van der Waals surface area contributed by atoms with Crippen LogP contribution in [0.3, 0.4) is 0 Å². The van der Waals surface area contributed by atoms with Crippen LogP contribution in [0, 0.1) is 0 Å². The first-order valence-electron chi connectivity index (χ1n) is 5.41. The zero-order valence-corrected chi connectivity index (χ0v) is 9.90. The Morgan fingerprint density at radius 2 is 1.33 bits per heavy atom. The summed E-state index contributed by atoms with van der Waals surface area (Å²) in [5, 5.41) is 0. The second kappa shape index (κ2) is 6.67. The average molecular weight is 188 g/mol. The van der Waals surface area contributed by atoms with Crippen molar-refractivity contribution in [2.45, 2.75) is 64.6 Å².